The molecule has 176 valence electrons. The number of amides is 3. The zero-order valence-corrected chi connectivity index (χ0v) is 18.8. The fraction of sp³-hybridized carbons (Fsp3) is 0.619. The van der Waals surface area contributed by atoms with Crippen LogP contribution in [-0.2, 0) is 25.1 Å². The Kier molecular flexibility index (Phi) is 6.42. The second-order valence-electron chi connectivity index (χ2n) is 8.73. The minimum Gasteiger partial charge on any atom is -0.490 e. The van der Waals surface area contributed by atoms with Gasteiger partial charge in [0.2, 0.25) is 10.0 Å². The molecule has 0 aromatic heterocycles. The van der Waals surface area contributed by atoms with E-state index in [2.05, 4.69) is 10.0 Å². The maximum atomic E-state index is 14.1. The Bertz CT molecular complexity index is 993. The highest BCUT2D eigenvalue weighted by Gasteiger charge is 2.47. The number of carbonyl (C=O) groups is 2. The fourth-order valence-electron chi connectivity index (χ4n) is 3.61. The Hall–Kier alpha value is -2.24. The summed E-state index contributed by atoms with van der Waals surface area (Å²) in [6.07, 6.45) is 3.68. The monoisotopic (exact) mass is 469 g/mol. The third-order valence-electron chi connectivity index (χ3n) is 6.03. The zero-order valence-electron chi connectivity index (χ0n) is 17.9. The molecule has 0 radical (unpaired) electrons. The van der Waals surface area contributed by atoms with Crippen molar-refractivity contribution < 1.29 is 31.9 Å². The van der Waals surface area contributed by atoms with E-state index in [-0.39, 0.29) is 37.2 Å². The van der Waals surface area contributed by atoms with Gasteiger partial charge in [0, 0.05) is 6.61 Å². The highest BCUT2D eigenvalue weighted by Crippen LogP contribution is 2.47. The normalized spacial score (nSPS) is 22.2. The Morgan fingerprint density at radius 2 is 2.03 bits per heavy atom. The van der Waals surface area contributed by atoms with Gasteiger partial charge in [-0.3, -0.25) is 15.0 Å². The van der Waals surface area contributed by atoms with Gasteiger partial charge < -0.3 is 9.47 Å². The first kappa shape index (κ1) is 22.9. The van der Waals surface area contributed by atoms with Gasteiger partial charge in [-0.15, -0.1) is 0 Å². The fourth-order valence-corrected chi connectivity index (χ4v) is 5.13. The molecule has 2 saturated carbocycles. The second kappa shape index (κ2) is 8.95. The van der Waals surface area contributed by atoms with Crippen molar-refractivity contribution in [2.24, 2.45) is 5.92 Å². The molecule has 2 aliphatic carbocycles. The Morgan fingerprint density at radius 3 is 2.66 bits per heavy atom. The molecule has 1 heterocycles. The summed E-state index contributed by atoms with van der Waals surface area (Å²) in [6.45, 7) is 2.10. The van der Waals surface area contributed by atoms with Crippen LogP contribution in [0.2, 0.25) is 0 Å². The molecule has 32 heavy (non-hydrogen) atoms. The molecule has 3 amide bonds. The van der Waals surface area contributed by atoms with Gasteiger partial charge in [-0.2, -0.15) is 0 Å². The standard InChI is InChI=1S/C21H28FN3O6S/c1-14-19(26)23-20(27)25(14)13-30-9-2-10-32(28,29)24-21(7-8-21)16-5-6-17(22)18(11-16)31-12-15-3-4-15/h5-6,11,14-15,24H,2-4,7-10,12-13H2,1H3,(H,23,26,27)/t14-/m0/s1. The number of carbonyl (C=O) groups excluding carboxylic acids is 2. The summed E-state index contributed by atoms with van der Waals surface area (Å²) < 4.78 is 53.0. The van der Waals surface area contributed by atoms with E-state index in [0.717, 1.165) is 12.8 Å². The Morgan fingerprint density at radius 1 is 1.28 bits per heavy atom. The lowest BCUT2D eigenvalue weighted by atomic mass is 10.1. The Balaban J connectivity index is 1.26. The van der Waals surface area contributed by atoms with Crippen molar-refractivity contribution in [1.82, 2.24) is 14.9 Å². The maximum absolute atomic E-state index is 14.1. The van der Waals surface area contributed by atoms with Crippen LogP contribution in [0.5, 0.6) is 5.75 Å². The molecule has 4 rings (SSSR count). The molecule has 3 aliphatic rings. The molecule has 3 fully saturated rings. The summed E-state index contributed by atoms with van der Waals surface area (Å²) in [5, 5.41) is 2.18. The molecule has 0 spiro atoms. The lowest BCUT2D eigenvalue weighted by Crippen LogP contribution is -2.37. The third kappa shape index (κ3) is 5.38. The van der Waals surface area contributed by atoms with Crippen LogP contribution in [0.3, 0.4) is 0 Å². The largest absolute Gasteiger partial charge is 0.490 e. The summed E-state index contributed by atoms with van der Waals surface area (Å²) in [6, 6.07) is 3.38. The smallest absolute Gasteiger partial charge is 0.326 e. The summed E-state index contributed by atoms with van der Waals surface area (Å²) >= 11 is 0. The van der Waals surface area contributed by atoms with Gasteiger partial charge in [0.05, 0.1) is 17.9 Å². The van der Waals surface area contributed by atoms with Crippen LogP contribution in [0, 0.1) is 11.7 Å². The van der Waals surface area contributed by atoms with E-state index in [0.29, 0.717) is 30.9 Å². The van der Waals surface area contributed by atoms with Gasteiger partial charge in [-0.1, -0.05) is 6.07 Å². The zero-order chi connectivity index (χ0) is 22.9. The van der Waals surface area contributed by atoms with E-state index < -0.39 is 33.5 Å². The van der Waals surface area contributed by atoms with Crippen LogP contribution in [0.15, 0.2) is 18.2 Å². The molecule has 0 bridgehead atoms. The minimum absolute atomic E-state index is 0.0879. The number of imide groups is 1. The first-order chi connectivity index (χ1) is 15.2. The van der Waals surface area contributed by atoms with Gasteiger partial charge in [-0.25, -0.2) is 22.3 Å². The second-order valence-corrected chi connectivity index (χ2v) is 10.6. The number of rotatable bonds is 12. The number of hydrogen-bond donors (Lipinski definition) is 2. The van der Waals surface area contributed by atoms with E-state index in [1.807, 2.05) is 0 Å². The van der Waals surface area contributed by atoms with Crippen molar-refractivity contribution in [3.8, 4) is 5.75 Å². The summed E-state index contributed by atoms with van der Waals surface area (Å²) in [7, 11) is -3.60. The average Bonchev–Trinajstić information content (AvgIpc) is 3.65. The van der Waals surface area contributed by atoms with Crippen molar-refractivity contribution in [3.63, 3.8) is 0 Å². The molecule has 0 unspecified atom stereocenters. The van der Waals surface area contributed by atoms with Crippen LogP contribution in [0.25, 0.3) is 0 Å². The number of nitrogens with zero attached hydrogens (tertiary/aromatic N) is 1. The van der Waals surface area contributed by atoms with Crippen LogP contribution < -0.4 is 14.8 Å². The highest BCUT2D eigenvalue weighted by atomic mass is 32.2. The highest BCUT2D eigenvalue weighted by molar-refractivity contribution is 7.89. The number of ether oxygens (including phenoxy) is 2. The van der Waals surface area contributed by atoms with Gasteiger partial charge >= 0.3 is 6.03 Å². The predicted octanol–water partition coefficient (Wildman–Crippen LogP) is 1.83. The first-order valence-corrected chi connectivity index (χ1v) is 12.5. The van der Waals surface area contributed by atoms with Crippen LogP contribution >= 0.6 is 0 Å². The van der Waals surface area contributed by atoms with E-state index in [9.17, 15) is 22.4 Å². The lowest BCUT2D eigenvalue weighted by molar-refractivity contribution is -0.121. The van der Waals surface area contributed by atoms with Crippen molar-refractivity contribution in [3.05, 3.63) is 29.6 Å². The molecule has 1 atom stereocenters. The first-order valence-electron chi connectivity index (χ1n) is 10.8. The van der Waals surface area contributed by atoms with Crippen molar-refractivity contribution in [1.29, 1.82) is 0 Å². The number of benzene rings is 1. The van der Waals surface area contributed by atoms with Gasteiger partial charge in [-0.05, 0) is 62.6 Å². The molecule has 1 aliphatic heterocycles. The van der Waals surface area contributed by atoms with Gasteiger partial charge in [0.1, 0.15) is 12.8 Å². The number of urea groups is 1. The number of hydrogen-bond acceptors (Lipinski definition) is 6. The summed E-state index contributed by atoms with van der Waals surface area (Å²) in [5.41, 5.74) is -0.0302. The minimum atomic E-state index is -3.60. The van der Waals surface area contributed by atoms with Gasteiger partial charge in [0.15, 0.2) is 11.6 Å². The SMILES string of the molecule is C[C@H]1C(=O)NC(=O)N1COCCCS(=O)(=O)NC1(c2ccc(F)c(OCC3CC3)c2)CC1. The topological polar surface area (TPSA) is 114 Å². The molecule has 2 N–H and O–H groups in total. The van der Waals surface area contributed by atoms with E-state index in [4.69, 9.17) is 9.47 Å². The number of nitrogens with one attached hydrogen (secondary N) is 2. The Labute approximate surface area is 186 Å². The van der Waals surface area contributed by atoms with Crippen LogP contribution in [0.4, 0.5) is 9.18 Å². The lowest BCUT2D eigenvalue weighted by Gasteiger charge is -2.20. The van der Waals surface area contributed by atoms with Crippen molar-refractivity contribution in [2.75, 3.05) is 25.7 Å². The van der Waals surface area contributed by atoms with Crippen LogP contribution in [-0.4, -0.2) is 57.0 Å². The number of halogens is 1. The van der Waals surface area contributed by atoms with Crippen LogP contribution in [0.1, 0.15) is 44.6 Å². The number of sulfonamides is 1. The quantitative estimate of drug-likeness (QED) is 0.357. The molecule has 1 aromatic carbocycles. The predicted molar refractivity (Wildman–Crippen MR) is 113 cm³/mol. The molecule has 11 heteroatoms. The van der Waals surface area contributed by atoms with Crippen molar-refractivity contribution >= 4 is 22.0 Å². The summed E-state index contributed by atoms with van der Waals surface area (Å²) in [5.74, 6) is -0.346. The third-order valence-corrected chi connectivity index (χ3v) is 7.55. The molecule has 9 nitrogen and oxygen atoms in total. The van der Waals surface area contributed by atoms with Crippen molar-refractivity contribution in [2.45, 2.75) is 50.6 Å². The van der Waals surface area contributed by atoms with E-state index in [1.54, 1.807) is 19.1 Å². The molecular weight excluding hydrogens is 441 g/mol. The maximum Gasteiger partial charge on any atom is 0.326 e. The molecular formula is C21H28FN3O6S. The van der Waals surface area contributed by atoms with Gasteiger partial charge in [0.25, 0.3) is 5.91 Å². The van der Waals surface area contributed by atoms with E-state index >= 15 is 0 Å². The molecule has 1 aromatic rings. The average molecular weight is 470 g/mol. The van der Waals surface area contributed by atoms with E-state index in [1.165, 1.54) is 11.0 Å². The summed E-state index contributed by atoms with van der Waals surface area (Å²) in [4.78, 5) is 24.3. The molecule has 1 saturated heterocycles.